The van der Waals surface area contributed by atoms with Crippen molar-refractivity contribution in [2.75, 3.05) is 18.5 Å². The molecule has 0 heterocycles. The van der Waals surface area contributed by atoms with Crippen molar-refractivity contribution in [3.8, 4) is 5.75 Å². The molecule has 2 aromatic carbocycles. The Kier molecular flexibility index (Phi) is 6.81. The second-order valence-electron chi connectivity index (χ2n) is 5.03. The number of hydrogen-bond donors (Lipinski definition) is 2. The lowest BCUT2D eigenvalue weighted by Gasteiger charge is -2.12. The fraction of sp³-hybridized carbons (Fsp3) is 0.278. The molecule has 122 valence electrons. The van der Waals surface area contributed by atoms with Gasteiger partial charge < -0.3 is 15.4 Å². The second-order valence-corrected chi connectivity index (χ2v) is 5.44. The van der Waals surface area contributed by atoms with E-state index in [4.69, 9.17) is 17.0 Å². The van der Waals surface area contributed by atoms with Crippen LogP contribution in [0.15, 0.2) is 48.5 Å². The molecule has 0 aromatic heterocycles. The van der Waals surface area contributed by atoms with Crippen molar-refractivity contribution in [3.05, 3.63) is 59.9 Å². The molecule has 2 N–H and O–H groups in total. The molecule has 2 aromatic rings. The Morgan fingerprint density at radius 3 is 2.61 bits per heavy atom. The van der Waals surface area contributed by atoms with Gasteiger partial charge >= 0.3 is 0 Å². The van der Waals surface area contributed by atoms with E-state index in [1.165, 1.54) is 17.7 Å². The molecule has 5 heteroatoms. The first-order valence-corrected chi connectivity index (χ1v) is 8.11. The van der Waals surface area contributed by atoms with Crippen LogP contribution in [0.3, 0.4) is 0 Å². The summed E-state index contributed by atoms with van der Waals surface area (Å²) in [4.78, 5) is 0. The standard InChI is InChI=1S/C18H21FN2OS/c1-2-22-17-8-4-3-6-14(17)7-5-13-20-18(23)21-16-11-9-15(19)10-12-16/h3-4,6,8-12H,2,5,7,13H2,1H3,(H2,20,21,23). The number of para-hydroxylation sites is 1. The minimum atomic E-state index is -0.262. The van der Waals surface area contributed by atoms with Crippen LogP contribution in [0.25, 0.3) is 0 Å². The van der Waals surface area contributed by atoms with E-state index in [0.717, 1.165) is 30.8 Å². The zero-order valence-electron chi connectivity index (χ0n) is 13.1. The molecule has 0 unspecified atom stereocenters. The molecule has 0 aliphatic rings. The molecule has 0 atom stereocenters. The smallest absolute Gasteiger partial charge is 0.170 e. The highest BCUT2D eigenvalue weighted by molar-refractivity contribution is 7.80. The van der Waals surface area contributed by atoms with Gasteiger partial charge in [0.2, 0.25) is 0 Å². The molecule has 0 aliphatic carbocycles. The predicted molar refractivity (Wildman–Crippen MR) is 96.6 cm³/mol. The van der Waals surface area contributed by atoms with Crippen LogP contribution in [-0.4, -0.2) is 18.3 Å². The number of benzene rings is 2. The lowest BCUT2D eigenvalue weighted by molar-refractivity contribution is 0.336. The molecule has 23 heavy (non-hydrogen) atoms. The number of halogens is 1. The highest BCUT2D eigenvalue weighted by Crippen LogP contribution is 2.19. The van der Waals surface area contributed by atoms with Gasteiger partial charge in [-0.05, 0) is 67.9 Å². The summed E-state index contributed by atoms with van der Waals surface area (Å²) in [5, 5.41) is 6.72. The molecule has 0 saturated carbocycles. The van der Waals surface area contributed by atoms with Crippen molar-refractivity contribution in [2.45, 2.75) is 19.8 Å². The normalized spacial score (nSPS) is 10.2. The van der Waals surface area contributed by atoms with Gasteiger partial charge in [-0.2, -0.15) is 0 Å². The Labute approximate surface area is 141 Å². The molecule has 0 saturated heterocycles. The average molecular weight is 332 g/mol. The van der Waals surface area contributed by atoms with Gasteiger partial charge in [0, 0.05) is 12.2 Å². The van der Waals surface area contributed by atoms with E-state index in [-0.39, 0.29) is 5.82 Å². The summed E-state index contributed by atoms with van der Waals surface area (Å²) in [5.41, 5.74) is 1.97. The predicted octanol–water partition coefficient (Wildman–Crippen LogP) is 4.14. The zero-order chi connectivity index (χ0) is 16.5. The summed E-state index contributed by atoms with van der Waals surface area (Å²) in [6.45, 7) is 3.41. The Bertz CT molecular complexity index is 631. The van der Waals surface area contributed by atoms with Crippen LogP contribution in [0, 0.1) is 5.82 Å². The summed E-state index contributed by atoms with van der Waals surface area (Å²) in [5.74, 6) is 0.685. The van der Waals surface area contributed by atoms with E-state index in [9.17, 15) is 4.39 Å². The lowest BCUT2D eigenvalue weighted by Crippen LogP contribution is -2.29. The third-order valence-corrected chi connectivity index (χ3v) is 3.53. The van der Waals surface area contributed by atoms with Crippen LogP contribution in [0.2, 0.25) is 0 Å². The van der Waals surface area contributed by atoms with Gasteiger partial charge in [-0.1, -0.05) is 18.2 Å². The summed E-state index contributed by atoms with van der Waals surface area (Å²) in [6.07, 6.45) is 1.86. The SMILES string of the molecule is CCOc1ccccc1CCCNC(=S)Nc1ccc(F)cc1. The lowest BCUT2D eigenvalue weighted by atomic mass is 10.1. The number of ether oxygens (including phenoxy) is 1. The Balaban J connectivity index is 1.73. The molecule has 0 spiro atoms. The van der Waals surface area contributed by atoms with Crippen molar-refractivity contribution in [3.63, 3.8) is 0 Å². The van der Waals surface area contributed by atoms with E-state index < -0.39 is 0 Å². The number of anilines is 1. The van der Waals surface area contributed by atoms with E-state index in [1.54, 1.807) is 12.1 Å². The summed E-state index contributed by atoms with van der Waals surface area (Å²) < 4.78 is 18.4. The van der Waals surface area contributed by atoms with E-state index in [1.807, 2.05) is 25.1 Å². The third kappa shape index (κ3) is 5.87. The van der Waals surface area contributed by atoms with Crippen LogP contribution in [-0.2, 0) is 6.42 Å². The van der Waals surface area contributed by atoms with E-state index in [0.29, 0.717) is 11.7 Å². The summed E-state index contributed by atoms with van der Waals surface area (Å²) in [7, 11) is 0. The molecule has 0 fully saturated rings. The van der Waals surface area contributed by atoms with Crippen molar-refractivity contribution in [1.29, 1.82) is 0 Å². The van der Waals surface area contributed by atoms with Crippen LogP contribution >= 0.6 is 12.2 Å². The Morgan fingerprint density at radius 2 is 1.87 bits per heavy atom. The van der Waals surface area contributed by atoms with E-state index in [2.05, 4.69) is 16.7 Å². The molecule has 0 radical (unpaired) electrons. The highest BCUT2D eigenvalue weighted by atomic mass is 32.1. The largest absolute Gasteiger partial charge is 0.494 e. The van der Waals surface area contributed by atoms with Crippen LogP contribution in [0.5, 0.6) is 5.75 Å². The number of hydrogen-bond acceptors (Lipinski definition) is 2. The molecular formula is C18H21FN2OS. The van der Waals surface area contributed by atoms with Gasteiger partial charge in [0.15, 0.2) is 5.11 Å². The fourth-order valence-electron chi connectivity index (χ4n) is 2.20. The topological polar surface area (TPSA) is 33.3 Å². The summed E-state index contributed by atoms with van der Waals surface area (Å²) in [6, 6.07) is 14.2. The van der Waals surface area contributed by atoms with Crippen molar-refractivity contribution in [1.82, 2.24) is 5.32 Å². The maximum atomic E-state index is 12.8. The number of aryl methyl sites for hydroxylation is 1. The van der Waals surface area contributed by atoms with Crippen molar-refractivity contribution >= 4 is 23.0 Å². The Hall–Kier alpha value is -2.14. The summed E-state index contributed by atoms with van der Waals surface area (Å²) >= 11 is 5.23. The second kappa shape index (κ2) is 9.10. The fourth-order valence-corrected chi connectivity index (χ4v) is 2.42. The van der Waals surface area contributed by atoms with Gasteiger partial charge in [0.1, 0.15) is 11.6 Å². The van der Waals surface area contributed by atoms with E-state index >= 15 is 0 Å². The van der Waals surface area contributed by atoms with Crippen molar-refractivity contribution < 1.29 is 9.13 Å². The molecular weight excluding hydrogens is 311 g/mol. The van der Waals surface area contributed by atoms with Gasteiger partial charge in [-0.15, -0.1) is 0 Å². The molecule has 3 nitrogen and oxygen atoms in total. The first kappa shape index (κ1) is 17.2. The number of thiocarbonyl (C=S) groups is 1. The minimum Gasteiger partial charge on any atom is -0.494 e. The molecule has 0 bridgehead atoms. The van der Waals surface area contributed by atoms with Crippen LogP contribution in [0.4, 0.5) is 10.1 Å². The first-order valence-electron chi connectivity index (χ1n) is 7.70. The average Bonchev–Trinajstić information content (AvgIpc) is 2.55. The van der Waals surface area contributed by atoms with Crippen molar-refractivity contribution in [2.24, 2.45) is 0 Å². The first-order chi connectivity index (χ1) is 11.2. The third-order valence-electron chi connectivity index (χ3n) is 3.28. The Morgan fingerprint density at radius 1 is 1.13 bits per heavy atom. The van der Waals surface area contributed by atoms with Gasteiger partial charge in [0.25, 0.3) is 0 Å². The molecule has 0 aliphatic heterocycles. The van der Waals surface area contributed by atoms with Crippen LogP contribution in [0.1, 0.15) is 18.9 Å². The number of rotatable bonds is 7. The van der Waals surface area contributed by atoms with Gasteiger partial charge in [-0.3, -0.25) is 0 Å². The monoisotopic (exact) mass is 332 g/mol. The molecule has 2 rings (SSSR count). The quantitative estimate of drug-likeness (QED) is 0.590. The highest BCUT2D eigenvalue weighted by Gasteiger charge is 2.03. The van der Waals surface area contributed by atoms with Gasteiger partial charge in [-0.25, -0.2) is 4.39 Å². The molecule has 0 amide bonds. The van der Waals surface area contributed by atoms with Gasteiger partial charge in [0.05, 0.1) is 6.61 Å². The minimum absolute atomic E-state index is 0.262. The number of nitrogens with one attached hydrogen (secondary N) is 2. The van der Waals surface area contributed by atoms with Crippen LogP contribution < -0.4 is 15.4 Å². The maximum Gasteiger partial charge on any atom is 0.170 e. The zero-order valence-corrected chi connectivity index (χ0v) is 14.0. The maximum absolute atomic E-state index is 12.8.